The van der Waals surface area contributed by atoms with Gasteiger partial charge in [-0.15, -0.1) is 0 Å². The van der Waals surface area contributed by atoms with Gasteiger partial charge < -0.3 is 15.1 Å². The van der Waals surface area contributed by atoms with Crippen LogP contribution in [0.25, 0.3) is 0 Å². The molecular weight excluding hydrogens is 202 g/mol. The maximum atomic E-state index is 12.3. The van der Waals surface area contributed by atoms with Crippen molar-refractivity contribution in [3.8, 4) is 0 Å². The maximum absolute atomic E-state index is 12.3. The molecule has 0 aromatic carbocycles. The summed E-state index contributed by atoms with van der Waals surface area (Å²) in [5.74, 6) is 0. The Morgan fingerprint density at radius 3 is 2.38 bits per heavy atom. The molecule has 2 aliphatic rings. The van der Waals surface area contributed by atoms with Crippen LogP contribution >= 0.6 is 0 Å². The first-order valence-electron chi connectivity index (χ1n) is 6.54. The molecule has 0 spiro atoms. The van der Waals surface area contributed by atoms with Crippen LogP contribution < -0.4 is 5.32 Å². The quantitative estimate of drug-likeness (QED) is 0.674. The summed E-state index contributed by atoms with van der Waals surface area (Å²) in [6, 6.07) is 0.694. The van der Waals surface area contributed by atoms with Gasteiger partial charge >= 0.3 is 6.03 Å². The average Bonchev–Trinajstić information content (AvgIpc) is 2.56. The van der Waals surface area contributed by atoms with E-state index in [4.69, 9.17) is 0 Å². The second-order valence-electron chi connectivity index (χ2n) is 4.99. The van der Waals surface area contributed by atoms with Crippen LogP contribution in [0.2, 0.25) is 0 Å². The molecule has 2 fully saturated rings. The van der Waals surface area contributed by atoms with E-state index >= 15 is 0 Å². The first kappa shape index (κ1) is 11.7. The van der Waals surface area contributed by atoms with E-state index in [0.717, 1.165) is 32.7 Å². The zero-order valence-electron chi connectivity index (χ0n) is 10.2. The lowest BCUT2D eigenvalue weighted by molar-refractivity contribution is 0.140. The fourth-order valence-electron chi connectivity index (χ4n) is 2.57. The predicted molar refractivity (Wildman–Crippen MR) is 64.5 cm³/mol. The van der Waals surface area contributed by atoms with E-state index in [1.165, 1.54) is 25.7 Å². The van der Waals surface area contributed by atoms with Crippen LogP contribution in [-0.2, 0) is 0 Å². The van der Waals surface area contributed by atoms with Gasteiger partial charge in [-0.05, 0) is 19.8 Å². The molecule has 2 amide bonds. The minimum atomic E-state index is 0.259. The van der Waals surface area contributed by atoms with Gasteiger partial charge in [0.2, 0.25) is 0 Å². The van der Waals surface area contributed by atoms with Gasteiger partial charge in [0.05, 0.1) is 0 Å². The third-order valence-corrected chi connectivity index (χ3v) is 3.52. The molecular formula is C12H23N3O. The smallest absolute Gasteiger partial charge is 0.320 e. The Bertz CT molecular complexity index is 232. The van der Waals surface area contributed by atoms with E-state index in [-0.39, 0.29) is 6.03 Å². The molecule has 1 atom stereocenters. The molecule has 4 heteroatoms. The van der Waals surface area contributed by atoms with E-state index in [1.54, 1.807) is 0 Å². The van der Waals surface area contributed by atoms with E-state index < -0.39 is 0 Å². The van der Waals surface area contributed by atoms with Gasteiger partial charge in [0.1, 0.15) is 0 Å². The van der Waals surface area contributed by atoms with Crippen molar-refractivity contribution in [1.29, 1.82) is 0 Å². The number of urea groups is 1. The Labute approximate surface area is 98.0 Å². The highest BCUT2D eigenvalue weighted by Crippen LogP contribution is 2.12. The topological polar surface area (TPSA) is 35.6 Å². The zero-order valence-corrected chi connectivity index (χ0v) is 10.2. The highest BCUT2D eigenvalue weighted by molar-refractivity contribution is 5.74. The summed E-state index contributed by atoms with van der Waals surface area (Å²) in [6.07, 6.45) is 4.91. The molecule has 0 unspecified atom stereocenters. The van der Waals surface area contributed by atoms with Crippen LogP contribution in [0, 0.1) is 0 Å². The van der Waals surface area contributed by atoms with Gasteiger partial charge in [-0.1, -0.05) is 12.8 Å². The highest BCUT2D eigenvalue weighted by Gasteiger charge is 2.25. The maximum Gasteiger partial charge on any atom is 0.320 e. The van der Waals surface area contributed by atoms with Gasteiger partial charge in [0.15, 0.2) is 0 Å². The Hall–Kier alpha value is -0.770. The summed E-state index contributed by atoms with van der Waals surface area (Å²) in [4.78, 5) is 16.3. The molecule has 0 aromatic rings. The molecule has 2 rings (SSSR count). The van der Waals surface area contributed by atoms with Crippen molar-refractivity contribution in [1.82, 2.24) is 15.1 Å². The number of piperazine rings is 1. The lowest BCUT2D eigenvalue weighted by Gasteiger charge is -2.35. The molecule has 1 N–H and O–H groups in total. The third-order valence-electron chi connectivity index (χ3n) is 3.52. The minimum absolute atomic E-state index is 0.259. The van der Waals surface area contributed by atoms with Gasteiger partial charge in [0, 0.05) is 38.8 Å². The second kappa shape index (κ2) is 5.53. The summed E-state index contributed by atoms with van der Waals surface area (Å²) in [6.45, 7) is 6.70. The first-order chi connectivity index (χ1) is 7.77. The van der Waals surface area contributed by atoms with Crippen LogP contribution in [0.1, 0.15) is 32.6 Å². The monoisotopic (exact) mass is 225 g/mol. The summed E-state index contributed by atoms with van der Waals surface area (Å²) >= 11 is 0. The van der Waals surface area contributed by atoms with Crippen LogP contribution in [-0.4, -0.2) is 54.6 Å². The third kappa shape index (κ3) is 2.88. The van der Waals surface area contributed by atoms with Crippen LogP contribution in [0.15, 0.2) is 0 Å². The van der Waals surface area contributed by atoms with Crippen molar-refractivity contribution >= 4 is 6.03 Å². The van der Waals surface area contributed by atoms with E-state index in [0.29, 0.717) is 6.04 Å². The number of nitrogens with one attached hydrogen (secondary N) is 1. The van der Waals surface area contributed by atoms with E-state index in [1.807, 2.05) is 9.80 Å². The molecule has 2 heterocycles. The van der Waals surface area contributed by atoms with Gasteiger partial charge in [0.25, 0.3) is 0 Å². The highest BCUT2D eigenvalue weighted by atomic mass is 16.2. The summed E-state index contributed by atoms with van der Waals surface area (Å²) in [7, 11) is 0. The molecule has 4 nitrogen and oxygen atoms in total. The van der Waals surface area contributed by atoms with Crippen molar-refractivity contribution in [2.75, 3.05) is 32.7 Å². The van der Waals surface area contributed by atoms with Crippen LogP contribution in [0.3, 0.4) is 0 Å². The normalized spacial score (nSPS) is 27.7. The molecule has 16 heavy (non-hydrogen) atoms. The Morgan fingerprint density at radius 1 is 1.06 bits per heavy atom. The van der Waals surface area contributed by atoms with Crippen molar-refractivity contribution in [3.63, 3.8) is 0 Å². The lowest BCUT2D eigenvalue weighted by Crippen LogP contribution is -2.55. The predicted octanol–water partition coefficient (Wildman–Crippen LogP) is 1.28. The fraction of sp³-hybridized carbons (Fsp3) is 0.917. The molecule has 0 radical (unpaired) electrons. The largest absolute Gasteiger partial charge is 0.325 e. The Kier molecular flexibility index (Phi) is 4.04. The van der Waals surface area contributed by atoms with Crippen molar-refractivity contribution in [2.24, 2.45) is 0 Å². The number of likely N-dealkylation sites (tertiary alicyclic amines) is 1. The number of rotatable bonds is 0. The number of hydrogen-bond acceptors (Lipinski definition) is 2. The van der Waals surface area contributed by atoms with Crippen LogP contribution in [0.4, 0.5) is 4.79 Å². The Balaban J connectivity index is 1.89. The summed E-state index contributed by atoms with van der Waals surface area (Å²) in [5.41, 5.74) is 0. The molecule has 0 bridgehead atoms. The van der Waals surface area contributed by atoms with E-state index in [2.05, 4.69) is 12.2 Å². The van der Waals surface area contributed by atoms with Gasteiger partial charge in [-0.25, -0.2) is 4.79 Å². The van der Waals surface area contributed by atoms with Crippen molar-refractivity contribution < 1.29 is 4.79 Å². The summed E-state index contributed by atoms with van der Waals surface area (Å²) in [5, 5.41) is 3.37. The molecule has 0 aliphatic carbocycles. The fourth-order valence-corrected chi connectivity index (χ4v) is 2.57. The molecule has 2 aliphatic heterocycles. The van der Waals surface area contributed by atoms with Gasteiger partial charge in [-0.3, -0.25) is 0 Å². The molecule has 0 aromatic heterocycles. The zero-order chi connectivity index (χ0) is 11.4. The standard InChI is InChI=1S/C12H23N3O/c1-11-10-15(9-6-13-11)12(16)14-7-4-2-3-5-8-14/h11,13H,2-10H2,1H3/t11-/m1/s1. The molecule has 0 saturated carbocycles. The SMILES string of the molecule is C[C@@H]1CN(C(=O)N2CCCCCC2)CCN1. The number of carbonyl (C=O) groups excluding carboxylic acids is 1. The van der Waals surface area contributed by atoms with E-state index in [9.17, 15) is 4.79 Å². The number of nitrogens with zero attached hydrogens (tertiary/aromatic N) is 2. The first-order valence-corrected chi connectivity index (χ1v) is 6.54. The Morgan fingerprint density at radius 2 is 1.75 bits per heavy atom. The molecule has 2 saturated heterocycles. The summed E-state index contributed by atoms with van der Waals surface area (Å²) < 4.78 is 0. The number of carbonyl (C=O) groups is 1. The lowest BCUT2D eigenvalue weighted by atomic mass is 10.2. The van der Waals surface area contributed by atoms with Gasteiger partial charge in [-0.2, -0.15) is 0 Å². The average molecular weight is 225 g/mol. The number of hydrogen-bond donors (Lipinski definition) is 1. The molecule has 92 valence electrons. The van der Waals surface area contributed by atoms with Crippen LogP contribution in [0.5, 0.6) is 0 Å². The number of amides is 2. The second-order valence-corrected chi connectivity index (χ2v) is 4.99. The van der Waals surface area contributed by atoms with Crippen molar-refractivity contribution in [2.45, 2.75) is 38.6 Å². The van der Waals surface area contributed by atoms with Crippen molar-refractivity contribution in [3.05, 3.63) is 0 Å². The minimum Gasteiger partial charge on any atom is -0.325 e.